The number of piperidine rings is 1. The number of carbonyl (C=O) groups is 2. The first-order valence-electron chi connectivity index (χ1n) is 10.1. The standard InChI is InChI=1S/C20H31N3O3S/c1-14-21-16(13-27-14)12-23-10-8-15(9-11-23)19(24)22-18-7-5-3-4-6-17(18)20(25)26-2/h13,15,17-18H,3-12H2,1-2H3,(H,22,24)/t17-,18-/m0/s1. The molecule has 1 saturated carbocycles. The summed E-state index contributed by atoms with van der Waals surface area (Å²) in [5.41, 5.74) is 1.12. The van der Waals surface area contributed by atoms with Crippen molar-refractivity contribution in [2.45, 2.75) is 64.5 Å². The highest BCUT2D eigenvalue weighted by molar-refractivity contribution is 7.09. The van der Waals surface area contributed by atoms with Gasteiger partial charge in [-0.1, -0.05) is 19.3 Å². The van der Waals surface area contributed by atoms with E-state index in [9.17, 15) is 9.59 Å². The largest absolute Gasteiger partial charge is 0.469 e. The summed E-state index contributed by atoms with van der Waals surface area (Å²) in [6, 6.07) is -0.0801. The van der Waals surface area contributed by atoms with Crippen LogP contribution in [0.3, 0.4) is 0 Å². The van der Waals surface area contributed by atoms with Crippen LogP contribution in [-0.2, 0) is 20.9 Å². The van der Waals surface area contributed by atoms with Crippen molar-refractivity contribution in [1.29, 1.82) is 0 Å². The predicted molar refractivity (Wildman–Crippen MR) is 105 cm³/mol. The van der Waals surface area contributed by atoms with E-state index in [1.165, 1.54) is 7.11 Å². The fraction of sp³-hybridized carbons (Fsp3) is 0.750. The Morgan fingerprint density at radius 2 is 1.96 bits per heavy atom. The second-order valence-electron chi connectivity index (χ2n) is 7.79. The summed E-state index contributed by atoms with van der Waals surface area (Å²) in [5.74, 6) is -0.232. The monoisotopic (exact) mass is 393 g/mol. The van der Waals surface area contributed by atoms with Crippen LogP contribution in [0, 0.1) is 18.8 Å². The van der Waals surface area contributed by atoms with Gasteiger partial charge in [0.2, 0.25) is 5.91 Å². The van der Waals surface area contributed by atoms with E-state index in [0.717, 1.165) is 75.3 Å². The molecular weight excluding hydrogens is 362 g/mol. The Morgan fingerprint density at radius 3 is 2.63 bits per heavy atom. The van der Waals surface area contributed by atoms with E-state index in [2.05, 4.69) is 20.6 Å². The molecule has 1 aliphatic carbocycles. The molecule has 3 rings (SSSR count). The average Bonchev–Trinajstić information content (AvgIpc) is 2.94. The van der Waals surface area contributed by atoms with Crippen molar-refractivity contribution in [3.05, 3.63) is 16.1 Å². The number of ether oxygens (including phenoxy) is 1. The number of carbonyl (C=O) groups excluding carboxylic acids is 2. The quantitative estimate of drug-likeness (QED) is 0.615. The van der Waals surface area contributed by atoms with Crippen molar-refractivity contribution >= 4 is 23.2 Å². The number of aromatic nitrogens is 1. The zero-order valence-electron chi connectivity index (χ0n) is 16.4. The van der Waals surface area contributed by atoms with Crippen LogP contribution in [0.15, 0.2) is 5.38 Å². The summed E-state index contributed by atoms with van der Waals surface area (Å²) >= 11 is 1.68. The summed E-state index contributed by atoms with van der Waals surface area (Å²) in [7, 11) is 1.44. The van der Waals surface area contributed by atoms with Crippen LogP contribution in [0.25, 0.3) is 0 Å². The summed E-state index contributed by atoms with van der Waals surface area (Å²) in [5, 5.41) is 6.41. The first kappa shape index (κ1) is 20.3. The fourth-order valence-corrected chi connectivity index (χ4v) is 4.88. The maximum Gasteiger partial charge on any atom is 0.310 e. The molecule has 2 atom stereocenters. The maximum absolute atomic E-state index is 12.8. The normalized spacial score (nSPS) is 25.0. The number of rotatable bonds is 5. The topological polar surface area (TPSA) is 71.5 Å². The van der Waals surface area contributed by atoms with Gasteiger partial charge in [-0.15, -0.1) is 11.3 Å². The molecule has 27 heavy (non-hydrogen) atoms. The molecule has 0 unspecified atom stereocenters. The summed E-state index contributed by atoms with van der Waals surface area (Å²) in [6.45, 7) is 4.73. The minimum atomic E-state index is -0.200. The van der Waals surface area contributed by atoms with E-state index in [0.29, 0.717) is 0 Å². The lowest BCUT2D eigenvalue weighted by molar-refractivity contribution is -0.147. The van der Waals surface area contributed by atoms with Gasteiger partial charge in [0.1, 0.15) is 0 Å². The van der Waals surface area contributed by atoms with Crippen molar-refractivity contribution in [1.82, 2.24) is 15.2 Å². The zero-order chi connectivity index (χ0) is 19.2. The Balaban J connectivity index is 1.50. The van der Waals surface area contributed by atoms with Gasteiger partial charge >= 0.3 is 5.97 Å². The van der Waals surface area contributed by atoms with Crippen LogP contribution in [-0.4, -0.2) is 48.0 Å². The number of nitrogens with one attached hydrogen (secondary N) is 1. The number of hydrogen-bond donors (Lipinski definition) is 1. The number of nitrogens with zero attached hydrogens (tertiary/aromatic N) is 2. The molecule has 0 radical (unpaired) electrons. The van der Waals surface area contributed by atoms with Gasteiger partial charge in [-0.2, -0.15) is 0 Å². The lowest BCUT2D eigenvalue weighted by Gasteiger charge is -2.32. The number of methoxy groups -OCH3 is 1. The molecule has 1 aromatic rings. The third kappa shape index (κ3) is 5.51. The first-order chi connectivity index (χ1) is 13.1. The van der Waals surface area contributed by atoms with Gasteiger partial charge < -0.3 is 10.1 Å². The van der Waals surface area contributed by atoms with Crippen LogP contribution >= 0.6 is 11.3 Å². The van der Waals surface area contributed by atoms with E-state index in [-0.39, 0.29) is 29.8 Å². The van der Waals surface area contributed by atoms with E-state index in [4.69, 9.17) is 4.74 Å². The molecule has 7 heteroatoms. The van der Waals surface area contributed by atoms with Crippen molar-refractivity contribution < 1.29 is 14.3 Å². The highest BCUT2D eigenvalue weighted by Gasteiger charge is 2.34. The molecule has 1 aliphatic heterocycles. The molecule has 0 bridgehead atoms. The Labute approximate surface area is 165 Å². The average molecular weight is 394 g/mol. The van der Waals surface area contributed by atoms with E-state index in [1.807, 2.05) is 6.92 Å². The Bertz CT molecular complexity index is 640. The van der Waals surface area contributed by atoms with Gasteiger partial charge in [0.15, 0.2) is 0 Å². The van der Waals surface area contributed by atoms with Crippen molar-refractivity contribution in [2.75, 3.05) is 20.2 Å². The minimum absolute atomic E-state index is 0.0416. The Hall–Kier alpha value is -1.47. The Kier molecular flexibility index (Phi) is 7.24. The predicted octanol–water partition coefficient (Wildman–Crippen LogP) is 2.90. The van der Waals surface area contributed by atoms with E-state index in [1.54, 1.807) is 11.3 Å². The smallest absolute Gasteiger partial charge is 0.310 e. The van der Waals surface area contributed by atoms with Gasteiger partial charge in [0.05, 0.1) is 23.7 Å². The molecule has 2 heterocycles. The Morgan fingerprint density at radius 1 is 1.22 bits per heavy atom. The minimum Gasteiger partial charge on any atom is -0.469 e. The number of esters is 1. The van der Waals surface area contributed by atoms with E-state index < -0.39 is 0 Å². The second-order valence-corrected chi connectivity index (χ2v) is 8.85. The second kappa shape index (κ2) is 9.64. The third-order valence-corrected chi connectivity index (χ3v) is 6.68. The molecule has 1 amide bonds. The molecular formula is C20H31N3O3S. The molecule has 2 fully saturated rings. The molecule has 1 N–H and O–H groups in total. The number of hydrogen-bond acceptors (Lipinski definition) is 6. The fourth-order valence-electron chi connectivity index (χ4n) is 4.28. The van der Waals surface area contributed by atoms with Crippen LogP contribution in [0.5, 0.6) is 0 Å². The number of thiazole rings is 1. The molecule has 2 aliphatic rings. The highest BCUT2D eigenvalue weighted by Crippen LogP contribution is 2.26. The van der Waals surface area contributed by atoms with Crippen LogP contribution < -0.4 is 5.32 Å². The van der Waals surface area contributed by atoms with Gasteiger partial charge in [-0.05, 0) is 45.7 Å². The van der Waals surface area contributed by atoms with Gasteiger partial charge in [-0.25, -0.2) is 4.98 Å². The molecule has 0 aromatic carbocycles. The SMILES string of the molecule is COC(=O)[C@H]1CCCCC[C@@H]1NC(=O)C1CCN(Cc2csc(C)n2)CC1. The highest BCUT2D eigenvalue weighted by atomic mass is 32.1. The summed E-state index contributed by atoms with van der Waals surface area (Å²) < 4.78 is 4.97. The number of aryl methyl sites for hydroxylation is 1. The van der Waals surface area contributed by atoms with Gasteiger partial charge in [0.25, 0.3) is 0 Å². The molecule has 150 valence electrons. The summed E-state index contributed by atoms with van der Waals surface area (Å²) in [6.07, 6.45) is 6.62. The van der Waals surface area contributed by atoms with Crippen molar-refractivity contribution in [2.24, 2.45) is 11.8 Å². The van der Waals surface area contributed by atoms with Gasteiger partial charge in [0, 0.05) is 23.9 Å². The van der Waals surface area contributed by atoms with Crippen LogP contribution in [0.1, 0.15) is 55.6 Å². The zero-order valence-corrected chi connectivity index (χ0v) is 17.2. The number of likely N-dealkylation sites (tertiary alicyclic amines) is 1. The molecule has 0 spiro atoms. The van der Waals surface area contributed by atoms with E-state index >= 15 is 0 Å². The lowest BCUT2D eigenvalue weighted by atomic mass is 9.91. The summed E-state index contributed by atoms with van der Waals surface area (Å²) in [4.78, 5) is 31.8. The van der Waals surface area contributed by atoms with Gasteiger partial charge in [-0.3, -0.25) is 14.5 Å². The molecule has 1 saturated heterocycles. The molecule has 6 nitrogen and oxygen atoms in total. The van der Waals surface area contributed by atoms with Crippen molar-refractivity contribution in [3.8, 4) is 0 Å². The lowest BCUT2D eigenvalue weighted by Crippen LogP contribution is -2.47. The maximum atomic E-state index is 12.8. The third-order valence-electron chi connectivity index (χ3n) is 5.86. The van der Waals surface area contributed by atoms with Crippen LogP contribution in [0.4, 0.5) is 0 Å². The van der Waals surface area contributed by atoms with Crippen molar-refractivity contribution in [3.63, 3.8) is 0 Å². The first-order valence-corrected chi connectivity index (χ1v) is 11.0. The van der Waals surface area contributed by atoms with Crippen LogP contribution in [0.2, 0.25) is 0 Å². The number of amides is 1. The molecule has 1 aromatic heterocycles.